The molecule has 0 radical (unpaired) electrons. The van der Waals surface area contributed by atoms with Gasteiger partial charge in [0, 0.05) is 22.7 Å². The van der Waals surface area contributed by atoms with Crippen molar-refractivity contribution in [3.05, 3.63) is 47.1 Å². The van der Waals surface area contributed by atoms with Crippen LogP contribution in [0.25, 0.3) is 10.9 Å². The van der Waals surface area contributed by atoms with Crippen LogP contribution in [-0.2, 0) is 20.8 Å². The first-order valence-electron chi connectivity index (χ1n) is 8.44. The number of hydrogen-bond donors (Lipinski definition) is 1. The predicted octanol–water partition coefficient (Wildman–Crippen LogP) is 1.35. The summed E-state index contributed by atoms with van der Waals surface area (Å²) in [6, 6.07) is 8.01. The van der Waals surface area contributed by atoms with Crippen LogP contribution in [0.5, 0.6) is 0 Å². The van der Waals surface area contributed by atoms with Gasteiger partial charge in [0.1, 0.15) is 0 Å². The van der Waals surface area contributed by atoms with Crippen LogP contribution in [-0.4, -0.2) is 33.7 Å². The smallest absolute Gasteiger partial charge is 0.234 e. The van der Waals surface area contributed by atoms with Crippen molar-refractivity contribution in [3.63, 3.8) is 0 Å². The van der Waals surface area contributed by atoms with E-state index in [1.807, 2.05) is 30.3 Å². The van der Waals surface area contributed by atoms with E-state index in [1.54, 1.807) is 6.08 Å². The zero-order chi connectivity index (χ0) is 18.4. The van der Waals surface area contributed by atoms with Crippen LogP contribution in [0, 0.1) is 11.8 Å². The van der Waals surface area contributed by atoms with E-state index < -0.39 is 35.7 Å². The van der Waals surface area contributed by atoms with Gasteiger partial charge in [-0.1, -0.05) is 35.9 Å². The van der Waals surface area contributed by atoms with Crippen LogP contribution in [0.4, 0.5) is 0 Å². The number of aromatic nitrogens is 1. The molecule has 0 bridgehead atoms. The maximum absolute atomic E-state index is 12.7. The number of fused-ring (bicyclic) bond motifs is 2. The highest BCUT2D eigenvalue weighted by atomic mass is 35.5. The van der Waals surface area contributed by atoms with Crippen molar-refractivity contribution < 1.29 is 19.5 Å². The molecule has 1 saturated heterocycles. The number of rotatable bonds is 4. The number of benzene rings is 1. The Hall–Kier alpha value is -2.60. The minimum Gasteiger partial charge on any atom is -0.548 e. The zero-order valence-electron chi connectivity index (χ0n) is 13.8. The zero-order valence-corrected chi connectivity index (χ0v) is 14.5. The first-order chi connectivity index (χ1) is 12.5. The highest BCUT2D eigenvalue weighted by Crippen LogP contribution is 2.40. The fraction of sp³-hybridized carbons (Fsp3) is 0.316. The normalized spacial score (nSPS) is 23.9. The van der Waals surface area contributed by atoms with Gasteiger partial charge < -0.3 is 14.9 Å². The molecule has 7 heteroatoms. The van der Waals surface area contributed by atoms with Crippen molar-refractivity contribution in [2.24, 2.45) is 11.8 Å². The Balaban J connectivity index is 1.63. The van der Waals surface area contributed by atoms with E-state index in [0.29, 0.717) is 17.1 Å². The Bertz CT molecular complexity index is 915. The van der Waals surface area contributed by atoms with Gasteiger partial charge in [-0.05, 0) is 30.4 Å². The molecule has 0 saturated carbocycles. The number of allylic oxidation sites excluding steroid dienone is 2. The summed E-state index contributed by atoms with van der Waals surface area (Å²) in [5.74, 6) is -3.48. The molecule has 1 fully saturated rings. The Labute approximate surface area is 154 Å². The summed E-state index contributed by atoms with van der Waals surface area (Å²) in [5, 5.41) is 13.2. The molecule has 2 aromatic rings. The number of imide groups is 1. The average molecular weight is 372 g/mol. The Morgan fingerprint density at radius 2 is 2.00 bits per heavy atom. The molecule has 26 heavy (non-hydrogen) atoms. The van der Waals surface area contributed by atoms with E-state index in [2.05, 4.69) is 4.98 Å². The van der Waals surface area contributed by atoms with Crippen molar-refractivity contribution in [2.75, 3.05) is 0 Å². The van der Waals surface area contributed by atoms with E-state index in [4.69, 9.17) is 11.6 Å². The fourth-order valence-corrected chi connectivity index (χ4v) is 4.15. The summed E-state index contributed by atoms with van der Waals surface area (Å²) in [6.45, 7) is 0. The molecule has 6 nitrogen and oxygen atoms in total. The summed E-state index contributed by atoms with van der Waals surface area (Å²) in [4.78, 5) is 41.2. The molecule has 1 aromatic heterocycles. The molecular formula is C19H16ClN2O4-. The minimum atomic E-state index is -1.44. The number of carboxylic acid groups (broad SMARTS) is 1. The number of likely N-dealkylation sites (tertiary alicyclic amines) is 1. The summed E-state index contributed by atoms with van der Waals surface area (Å²) in [5.41, 5.74) is 1.50. The van der Waals surface area contributed by atoms with Crippen molar-refractivity contribution in [3.8, 4) is 0 Å². The molecule has 4 rings (SSSR count). The molecule has 1 aliphatic carbocycles. The molecule has 2 amide bonds. The largest absolute Gasteiger partial charge is 0.548 e. The predicted molar refractivity (Wildman–Crippen MR) is 92.8 cm³/mol. The standard InChI is InChI=1S/C19H17ClN2O4/c20-11-5-6-13-14(8-11)18(24)22(17(13)23)16(19(25)26)9-12-7-10-3-1-2-4-15(10)21-12/h1-5,7,13-14,16,21H,6,8-9H2,(H,25,26)/p-1/t13-,14+,16-/m1/s1. The van der Waals surface area contributed by atoms with Crippen molar-refractivity contribution >= 4 is 40.3 Å². The highest BCUT2D eigenvalue weighted by Gasteiger charge is 2.50. The maximum atomic E-state index is 12.7. The molecule has 0 unspecified atom stereocenters. The number of halogens is 1. The first-order valence-corrected chi connectivity index (χ1v) is 8.82. The lowest BCUT2D eigenvalue weighted by atomic mass is 9.85. The number of carbonyl (C=O) groups is 3. The van der Waals surface area contributed by atoms with Gasteiger partial charge in [-0.2, -0.15) is 0 Å². The molecule has 0 spiro atoms. The quantitative estimate of drug-likeness (QED) is 0.821. The van der Waals surface area contributed by atoms with Gasteiger partial charge in [-0.15, -0.1) is 0 Å². The van der Waals surface area contributed by atoms with Crippen molar-refractivity contribution in [1.29, 1.82) is 0 Å². The van der Waals surface area contributed by atoms with Gasteiger partial charge in [-0.25, -0.2) is 0 Å². The second-order valence-electron chi connectivity index (χ2n) is 6.77. The second-order valence-corrected chi connectivity index (χ2v) is 7.26. The van der Waals surface area contributed by atoms with Crippen LogP contribution in [0.15, 0.2) is 41.4 Å². The summed E-state index contributed by atoms with van der Waals surface area (Å²) in [7, 11) is 0. The van der Waals surface area contributed by atoms with E-state index in [1.165, 1.54) is 0 Å². The Morgan fingerprint density at radius 3 is 2.73 bits per heavy atom. The lowest BCUT2D eigenvalue weighted by Gasteiger charge is -2.27. The SMILES string of the molecule is O=C([O-])[C@@H](Cc1cc2ccccc2[nH]1)N1C(=O)[C@H]2CC(Cl)=CC[C@H]2C1=O. The molecule has 1 aromatic carbocycles. The third-order valence-corrected chi connectivity index (χ3v) is 5.49. The molecule has 1 N–H and O–H groups in total. The molecule has 3 atom stereocenters. The van der Waals surface area contributed by atoms with Crippen LogP contribution in [0.2, 0.25) is 0 Å². The number of para-hydroxylation sites is 1. The maximum Gasteiger partial charge on any atom is 0.234 e. The summed E-state index contributed by atoms with van der Waals surface area (Å²) in [6.07, 6.45) is 2.34. The molecule has 134 valence electrons. The topological polar surface area (TPSA) is 93.3 Å². The molecule has 2 aliphatic rings. The molecule has 1 aliphatic heterocycles. The minimum absolute atomic E-state index is 0.0188. The Kier molecular flexibility index (Phi) is 4.07. The third kappa shape index (κ3) is 2.70. The van der Waals surface area contributed by atoms with Crippen molar-refractivity contribution in [2.45, 2.75) is 25.3 Å². The number of carboxylic acids is 1. The number of carbonyl (C=O) groups excluding carboxylic acids is 3. The number of aromatic amines is 1. The van der Waals surface area contributed by atoms with Crippen LogP contribution in [0.3, 0.4) is 0 Å². The molecule has 2 heterocycles. The second kappa shape index (κ2) is 6.29. The Morgan fingerprint density at radius 1 is 1.27 bits per heavy atom. The highest BCUT2D eigenvalue weighted by molar-refractivity contribution is 6.30. The number of nitrogens with zero attached hydrogens (tertiary/aromatic N) is 1. The van der Waals surface area contributed by atoms with E-state index in [0.717, 1.165) is 15.8 Å². The third-order valence-electron chi connectivity index (χ3n) is 5.19. The van der Waals surface area contributed by atoms with E-state index in [-0.39, 0.29) is 12.8 Å². The van der Waals surface area contributed by atoms with Gasteiger partial charge in [0.2, 0.25) is 11.8 Å². The number of aliphatic carboxylic acids is 1. The van der Waals surface area contributed by atoms with Gasteiger partial charge in [0.15, 0.2) is 0 Å². The first kappa shape index (κ1) is 16.8. The van der Waals surface area contributed by atoms with E-state index in [9.17, 15) is 19.5 Å². The summed E-state index contributed by atoms with van der Waals surface area (Å²) < 4.78 is 0. The average Bonchev–Trinajstić information content (AvgIpc) is 3.12. The number of hydrogen-bond acceptors (Lipinski definition) is 4. The summed E-state index contributed by atoms with van der Waals surface area (Å²) >= 11 is 6.01. The van der Waals surface area contributed by atoms with Crippen molar-refractivity contribution in [1.82, 2.24) is 9.88 Å². The lowest BCUT2D eigenvalue weighted by molar-refractivity contribution is -0.310. The van der Waals surface area contributed by atoms with Gasteiger partial charge >= 0.3 is 0 Å². The van der Waals surface area contributed by atoms with Crippen LogP contribution < -0.4 is 5.11 Å². The fourth-order valence-electron chi connectivity index (χ4n) is 3.89. The van der Waals surface area contributed by atoms with E-state index >= 15 is 0 Å². The monoisotopic (exact) mass is 371 g/mol. The molecular weight excluding hydrogens is 356 g/mol. The van der Waals surface area contributed by atoms with Crippen LogP contribution in [0.1, 0.15) is 18.5 Å². The number of H-pyrrole nitrogens is 1. The van der Waals surface area contributed by atoms with Gasteiger partial charge in [0.25, 0.3) is 0 Å². The number of amides is 2. The number of nitrogens with one attached hydrogen (secondary N) is 1. The van der Waals surface area contributed by atoms with Crippen LogP contribution >= 0.6 is 11.6 Å². The van der Waals surface area contributed by atoms with Gasteiger partial charge in [0.05, 0.1) is 23.8 Å². The lowest BCUT2D eigenvalue weighted by Crippen LogP contribution is -2.52. The van der Waals surface area contributed by atoms with Gasteiger partial charge in [-0.3, -0.25) is 14.5 Å².